The highest BCUT2D eigenvalue weighted by atomic mass is 32.2. The van der Waals surface area contributed by atoms with Crippen LogP contribution in [0.15, 0.2) is 59.6 Å². The summed E-state index contributed by atoms with van der Waals surface area (Å²) in [5, 5.41) is 6.41. The number of carbonyl (C=O) groups excluding carboxylic acids is 3. The quantitative estimate of drug-likeness (QED) is 0.432. The van der Waals surface area contributed by atoms with E-state index in [1.807, 2.05) is 48.9 Å². The highest BCUT2D eigenvalue weighted by Gasteiger charge is 2.39. The number of H-pyrrole nitrogens is 1. The molecular weight excluding hydrogens is 388 g/mol. The molecule has 1 aliphatic rings. The summed E-state index contributed by atoms with van der Waals surface area (Å²) in [4.78, 5) is 42.5. The Labute approximate surface area is 171 Å². The number of aromatic amines is 1. The fraction of sp³-hybridized carbons (Fsp3) is 0.190. The van der Waals surface area contributed by atoms with Crippen LogP contribution in [0.3, 0.4) is 0 Å². The molecule has 1 aliphatic heterocycles. The predicted molar refractivity (Wildman–Crippen MR) is 113 cm³/mol. The molecule has 0 aliphatic carbocycles. The minimum Gasteiger partial charge on any atom is -0.361 e. The molecular formula is C21H20N4O3S. The lowest BCUT2D eigenvalue weighted by atomic mass is 10.1. The van der Waals surface area contributed by atoms with Gasteiger partial charge < -0.3 is 15.6 Å². The van der Waals surface area contributed by atoms with Gasteiger partial charge in [-0.1, -0.05) is 18.2 Å². The molecule has 7 nitrogen and oxygen atoms in total. The van der Waals surface area contributed by atoms with Gasteiger partial charge in [0.2, 0.25) is 5.91 Å². The molecule has 3 N–H and O–H groups in total. The van der Waals surface area contributed by atoms with Crippen molar-refractivity contribution in [3.8, 4) is 0 Å². The Morgan fingerprint density at radius 2 is 1.90 bits per heavy atom. The zero-order valence-corrected chi connectivity index (χ0v) is 16.6. The van der Waals surface area contributed by atoms with Crippen molar-refractivity contribution in [2.24, 2.45) is 0 Å². The van der Waals surface area contributed by atoms with E-state index in [-0.39, 0.29) is 6.54 Å². The molecule has 0 bridgehead atoms. The number of amides is 4. The number of para-hydroxylation sites is 1. The Balaban J connectivity index is 1.40. The first-order chi connectivity index (χ1) is 14.0. The molecule has 1 aromatic heterocycles. The van der Waals surface area contributed by atoms with Crippen LogP contribution in [-0.4, -0.2) is 46.6 Å². The van der Waals surface area contributed by atoms with Crippen LogP contribution in [0.1, 0.15) is 5.56 Å². The van der Waals surface area contributed by atoms with Gasteiger partial charge >= 0.3 is 6.03 Å². The summed E-state index contributed by atoms with van der Waals surface area (Å²) in [5.41, 5.74) is 2.54. The zero-order chi connectivity index (χ0) is 20.4. The topological polar surface area (TPSA) is 94.3 Å². The summed E-state index contributed by atoms with van der Waals surface area (Å²) >= 11 is 1.60. The van der Waals surface area contributed by atoms with Crippen LogP contribution in [0.2, 0.25) is 0 Å². The molecule has 1 fully saturated rings. The summed E-state index contributed by atoms with van der Waals surface area (Å²) in [5.74, 6) is -0.814. The number of thioether (sulfide) groups is 1. The van der Waals surface area contributed by atoms with Crippen LogP contribution >= 0.6 is 11.8 Å². The molecule has 0 spiro atoms. The van der Waals surface area contributed by atoms with Crippen molar-refractivity contribution in [2.45, 2.75) is 17.4 Å². The fourth-order valence-electron chi connectivity index (χ4n) is 3.40. The van der Waals surface area contributed by atoms with Gasteiger partial charge in [-0.15, -0.1) is 11.8 Å². The number of fused-ring (bicyclic) bond motifs is 1. The minimum absolute atomic E-state index is 0.320. The number of carbonyl (C=O) groups is 3. The van der Waals surface area contributed by atoms with Gasteiger partial charge in [-0.05, 0) is 42.2 Å². The molecule has 2 aromatic carbocycles. The molecule has 1 atom stereocenters. The molecule has 8 heteroatoms. The Hall–Kier alpha value is -3.26. The number of benzene rings is 2. The number of nitrogens with one attached hydrogen (secondary N) is 3. The van der Waals surface area contributed by atoms with Crippen LogP contribution in [0, 0.1) is 0 Å². The van der Waals surface area contributed by atoms with E-state index in [0.717, 1.165) is 26.3 Å². The molecule has 1 unspecified atom stereocenters. The van der Waals surface area contributed by atoms with Gasteiger partial charge in [0, 0.05) is 34.1 Å². The fourth-order valence-corrected chi connectivity index (χ4v) is 3.81. The Bertz CT molecular complexity index is 1080. The third-order valence-corrected chi connectivity index (χ3v) is 5.63. The first-order valence-corrected chi connectivity index (χ1v) is 10.4. The number of anilines is 1. The lowest BCUT2D eigenvalue weighted by molar-refractivity contribution is -0.130. The number of aromatic nitrogens is 1. The van der Waals surface area contributed by atoms with E-state index in [2.05, 4.69) is 15.6 Å². The average Bonchev–Trinajstić information content (AvgIpc) is 3.25. The maximum Gasteiger partial charge on any atom is 0.325 e. The second-order valence-electron chi connectivity index (χ2n) is 6.77. The van der Waals surface area contributed by atoms with Gasteiger partial charge in [0.15, 0.2) is 0 Å². The van der Waals surface area contributed by atoms with Gasteiger partial charge in [-0.2, -0.15) is 0 Å². The monoisotopic (exact) mass is 408 g/mol. The second kappa shape index (κ2) is 8.00. The lowest BCUT2D eigenvalue weighted by Crippen LogP contribution is -2.38. The molecule has 4 amide bonds. The van der Waals surface area contributed by atoms with E-state index in [0.29, 0.717) is 12.1 Å². The van der Waals surface area contributed by atoms with E-state index in [1.165, 1.54) is 0 Å². The first kappa shape index (κ1) is 19.1. The molecule has 4 rings (SSSR count). The predicted octanol–water partition coefficient (Wildman–Crippen LogP) is 2.99. The van der Waals surface area contributed by atoms with Crippen molar-refractivity contribution >= 4 is 46.2 Å². The van der Waals surface area contributed by atoms with Gasteiger partial charge in [-0.25, -0.2) is 4.79 Å². The maximum absolute atomic E-state index is 12.7. The summed E-state index contributed by atoms with van der Waals surface area (Å²) in [7, 11) is 0. The second-order valence-corrected chi connectivity index (χ2v) is 7.65. The van der Waals surface area contributed by atoms with Gasteiger partial charge in [0.05, 0.1) is 0 Å². The third kappa shape index (κ3) is 3.97. The van der Waals surface area contributed by atoms with Gasteiger partial charge in [0.1, 0.15) is 12.6 Å². The molecule has 148 valence electrons. The molecule has 0 saturated carbocycles. The van der Waals surface area contributed by atoms with Crippen molar-refractivity contribution < 1.29 is 14.4 Å². The van der Waals surface area contributed by atoms with Crippen LogP contribution < -0.4 is 10.6 Å². The van der Waals surface area contributed by atoms with E-state index in [9.17, 15) is 14.4 Å². The molecule has 2 heterocycles. The van der Waals surface area contributed by atoms with Crippen molar-refractivity contribution in [3.05, 3.63) is 60.3 Å². The smallest absolute Gasteiger partial charge is 0.325 e. The van der Waals surface area contributed by atoms with Crippen molar-refractivity contribution in [1.82, 2.24) is 15.2 Å². The van der Waals surface area contributed by atoms with E-state index < -0.39 is 23.9 Å². The third-order valence-electron chi connectivity index (χ3n) is 4.88. The van der Waals surface area contributed by atoms with Crippen LogP contribution in [-0.2, 0) is 16.0 Å². The number of rotatable bonds is 6. The first-order valence-electron chi connectivity index (χ1n) is 9.16. The van der Waals surface area contributed by atoms with E-state index in [1.54, 1.807) is 23.9 Å². The van der Waals surface area contributed by atoms with Gasteiger partial charge in [-0.3, -0.25) is 14.5 Å². The Morgan fingerprint density at radius 1 is 1.14 bits per heavy atom. The molecule has 3 aromatic rings. The highest BCUT2D eigenvalue weighted by Crippen LogP contribution is 2.21. The zero-order valence-electron chi connectivity index (χ0n) is 15.8. The number of imide groups is 1. The Morgan fingerprint density at radius 3 is 2.66 bits per heavy atom. The van der Waals surface area contributed by atoms with Crippen molar-refractivity contribution in [1.29, 1.82) is 0 Å². The van der Waals surface area contributed by atoms with Crippen molar-refractivity contribution in [2.75, 3.05) is 18.1 Å². The number of hydrogen-bond donors (Lipinski definition) is 3. The van der Waals surface area contributed by atoms with Crippen LogP contribution in [0.25, 0.3) is 10.9 Å². The standard InChI is InChI=1S/C21H20N4O3S/c1-29-15-8-6-14(7-9-15)23-19(26)12-25-20(27)18(24-21(25)28)10-13-11-22-17-5-3-2-4-16(13)17/h2-9,11,18,22H,10,12H2,1H3,(H,23,26)(H,24,28). The maximum atomic E-state index is 12.7. The summed E-state index contributed by atoms with van der Waals surface area (Å²) < 4.78 is 0. The molecule has 29 heavy (non-hydrogen) atoms. The summed E-state index contributed by atoms with van der Waals surface area (Å²) in [6, 6.07) is 13.9. The normalized spacial score (nSPS) is 16.3. The van der Waals surface area contributed by atoms with Crippen LogP contribution in [0.4, 0.5) is 10.5 Å². The SMILES string of the molecule is CSc1ccc(NC(=O)CN2C(=O)NC(Cc3c[nH]c4ccccc34)C2=O)cc1. The lowest BCUT2D eigenvalue weighted by Gasteiger charge is -2.13. The van der Waals surface area contributed by atoms with Gasteiger partial charge in [0.25, 0.3) is 5.91 Å². The van der Waals surface area contributed by atoms with Crippen molar-refractivity contribution in [3.63, 3.8) is 0 Å². The minimum atomic E-state index is -0.685. The molecule has 1 saturated heterocycles. The summed E-state index contributed by atoms with van der Waals surface area (Å²) in [6.45, 7) is -0.320. The number of nitrogens with zero attached hydrogens (tertiary/aromatic N) is 1. The highest BCUT2D eigenvalue weighted by molar-refractivity contribution is 7.98. The molecule has 0 radical (unpaired) electrons. The Kier molecular flexibility index (Phi) is 5.26. The largest absolute Gasteiger partial charge is 0.361 e. The number of hydrogen-bond acceptors (Lipinski definition) is 4. The summed E-state index contributed by atoms with van der Waals surface area (Å²) in [6.07, 6.45) is 4.18. The average molecular weight is 408 g/mol. The van der Waals surface area contributed by atoms with E-state index >= 15 is 0 Å². The van der Waals surface area contributed by atoms with Crippen LogP contribution in [0.5, 0.6) is 0 Å². The van der Waals surface area contributed by atoms with E-state index in [4.69, 9.17) is 0 Å². The number of urea groups is 1.